The van der Waals surface area contributed by atoms with Crippen LogP contribution in [0.4, 0.5) is 0 Å². The second kappa shape index (κ2) is 10.4. The molecule has 4 nitrogen and oxygen atoms in total. The molecule has 0 aliphatic rings. The summed E-state index contributed by atoms with van der Waals surface area (Å²) < 4.78 is 17.1. The topological polar surface area (TPSA) is 44.8 Å². The van der Waals surface area contributed by atoms with Gasteiger partial charge in [0, 0.05) is 0 Å². The molecule has 4 heteroatoms. The molecule has 30 heavy (non-hydrogen) atoms. The molecule has 0 bridgehead atoms. The Balaban J connectivity index is 1.98. The van der Waals surface area contributed by atoms with Gasteiger partial charge in [0.1, 0.15) is 23.7 Å². The number of ether oxygens (including phenoxy) is 3. The van der Waals surface area contributed by atoms with E-state index in [1.807, 2.05) is 60.7 Å². The number of Topliss-reactive ketones (excluding diaryl/α,β-unsaturated/α-hetero) is 1. The lowest BCUT2D eigenvalue weighted by Crippen LogP contribution is -2.27. The second-order valence-corrected chi connectivity index (χ2v) is 6.78. The van der Waals surface area contributed by atoms with Crippen LogP contribution in [-0.4, -0.2) is 26.1 Å². The predicted octanol–water partition coefficient (Wildman–Crippen LogP) is 5.64. The van der Waals surface area contributed by atoms with Crippen LogP contribution in [0.5, 0.6) is 11.5 Å². The summed E-state index contributed by atoms with van der Waals surface area (Å²) in [6.45, 7) is 3.82. The largest absolute Gasteiger partial charge is 0.497 e. The first-order valence-corrected chi connectivity index (χ1v) is 9.80. The third-order valence-electron chi connectivity index (χ3n) is 4.85. The minimum Gasteiger partial charge on any atom is -0.497 e. The monoisotopic (exact) mass is 402 g/mol. The van der Waals surface area contributed by atoms with Crippen molar-refractivity contribution in [3.05, 3.63) is 108 Å². The molecule has 0 heterocycles. The molecule has 3 aromatic rings. The van der Waals surface area contributed by atoms with E-state index in [9.17, 15) is 4.79 Å². The molecule has 0 saturated carbocycles. The van der Waals surface area contributed by atoms with Crippen molar-refractivity contribution in [2.75, 3.05) is 14.2 Å². The maximum Gasteiger partial charge on any atom is 0.195 e. The first kappa shape index (κ1) is 21.3. The summed E-state index contributed by atoms with van der Waals surface area (Å²) >= 11 is 0. The molecular weight excluding hydrogens is 376 g/mol. The molecule has 3 aromatic carbocycles. The van der Waals surface area contributed by atoms with Crippen LogP contribution in [0.25, 0.3) is 0 Å². The van der Waals surface area contributed by atoms with Crippen molar-refractivity contribution >= 4 is 5.78 Å². The normalized spacial score (nSPS) is 11.7. The van der Waals surface area contributed by atoms with Crippen LogP contribution in [0.1, 0.15) is 34.0 Å². The lowest BCUT2D eigenvalue weighted by atomic mass is 9.99. The number of ketones is 1. The standard InChI is InChI=1S/C26H26O4/c1-4-11-24(25(27)22-18-21(28-2)16-17-23(22)29-3)30-26(19-12-7-5-8-13-19)20-14-9-6-10-15-20/h4-10,12-18,24,26H,1,11H2,2-3H3/t24-/m1/s1. The van der Waals surface area contributed by atoms with Crippen LogP contribution in [0.15, 0.2) is 91.5 Å². The lowest BCUT2D eigenvalue weighted by molar-refractivity contribution is 0.0138. The molecule has 154 valence electrons. The summed E-state index contributed by atoms with van der Waals surface area (Å²) in [6.07, 6.45) is 0.948. The minimum atomic E-state index is -0.728. The zero-order chi connectivity index (χ0) is 21.3. The van der Waals surface area contributed by atoms with E-state index in [2.05, 4.69) is 6.58 Å². The third-order valence-corrected chi connectivity index (χ3v) is 4.85. The van der Waals surface area contributed by atoms with E-state index in [4.69, 9.17) is 14.2 Å². The van der Waals surface area contributed by atoms with Gasteiger partial charge in [0.15, 0.2) is 5.78 Å². The van der Waals surface area contributed by atoms with E-state index in [-0.39, 0.29) is 5.78 Å². The molecule has 1 atom stereocenters. The van der Waals surface area contributed by atoms with E-state index >= 15 is 0 Å². The summed E-state index contributed by atoms with van der Waals surface area (Å²) in [5.41, 5.74) is 2.37. The Morgan fingerprint density at radius 2 is 1.50 bits per heavy atom. The summed E-state index contributed by atoms with van der Waals surface area (Å²) in [5.74, 6) is 0.885. The fourth-order valence-corrected chi connectivity index (χ4v) is 3.33. The van der Waals surface area contributed by atoms with Crippen LogP contribution >= 0.6 is 0 Å². The van der Waals surface area contributed by atoms with Crippen molar-refractivity contribution in [2.45, 2.75) is 18.6 Å². The van der Waals surface area contributed by atoms with Crippen LogP contribution in [0.3, 0.4) is 0 Å². The highest BCUT2D eigenvalue weighted by Gasteiger charge is 2.28. The summed E-state index contributed by atoms with van der Waals surface area (Å²) in [4.78, 5) is 13.5. The molecule has 0 saturated heterocycles. The fourth-order valence-electron chi connectivity index (χ4n) is 3.33. The third kappa shape index (κ3) is 4.97. The van der Waals surface area contributed by atoms with E-state index in [0.717, 1.165) is 11.1 Å². The zero-order valence-electron chi connectivity index (χ0n) is 17.3. The van der Waals surface area contributed by atoms with Gasteiger partial charge >= 0.3 is 0 Å². The smallest absolute Gasteiger partial charge is 0.195 e. The zero-order valence-corrected chi connectivity index (χ0v) is 17.3. The number of carbonyl (C=O) groups is 1. The van der Waals surface area contributed by atoms with Gasteiger partial charge in [0.05, 0.1) is 19.8 Å². The molecule has 0 radical (unpaired) electrons. The molecular formula is C26H26O4. The van der Waals surface area contributed by atoms with Gasteiger partial charge in [-0.2, -0.15) is 0 Å². The Labute approximate surface area is 177 Å². The highest BCUT2D eigenvalue weighted by atomic mass is 16.5. The first-order chi connectivity index (χ1) is 14.7. The second-order valence-electron chi connectivity index (χ2n) is 6.78. The number of hydrogen-bond donors (Lipinski definition) is 0. The van der Waals surface area contributed by atoms with E-state index in [1.54, 1.807) is 38.5 Å². The van der Waals surface area contributed by atoms with Gasteiger partial charge in [-0.1, -0.05) is 66.7 Å². The molecule has 0 aliphatic heterocycles. The quantitative estimate of drug-likeness (QED) is 0.325. The average molecular weight is 402 g/mol. The van der Waals surface area contributed by atoms with Crippen molar-refractivity contribution < 1.29 is 19.0 Å². The van der Waals surface area contributed by atoms with Gasteiger partial charge < -0.3 is 14.2 Å². The van der Waals surface area contributed by atoms with Crippen molar-refractivity contribution in [3.8, 4) is 11.5 Å². The van der Waals surface area contributed by atoms with E-state index in [1.165, 1.54) is 0 Å². The lowest BCUT2D eigenvalue weighted by Gasteiger charge is -2.25. The maximum absolute atomic E-state index is 13.5. The SMILES string of the molecule is C=CC[C@@H](OC(c1ccccc1)c1ccccc1)C(=O)c1cc(OC)ccc1OC. The van der Waals surface area contributed by atoms with Crippen LogP contribution in [0.2, 0.25) is 0 Å². The van der Waals surface area contributed by atoms with Gasteiger partial charge in [-0.05, 0) is 35.7 Å². The molecule has 0 N–H and O–H groups in total. The van der Waals surface area contributed by atoms with Gasteiger partial charge in [0.25, 0.3) is 0 Å². The number of methoxy groups -OCH3 is 2. The van der Waals surface area contributed by atoms with Crippen LogP contribution in [-0.2, 0) is 4.74 Å². The van der Waals surface area contributed by atoms with Crippen molar-refractivity contribution in [1.82, 2.24) is 0 Å². The van der Waals surface area contributed by atoms with Gasteiger partial charge in [-0.3, -0.25) is 4.79 Å². The fraction of sp³-hybridized carbons (Fsp3) is 0.192. The molecule has 0 unspecified atom stereocenters. The summed E-state index contributed by atoms with van der Waals surface area (Å²) in [5, 5.41) is 0. The Bertz CT molecular complexity index is 927. The van der Waals surface area contributed by atoms with Crippen LogP contribution < -0.4 is 9.47 Å². The number of hydrogen-bond acceptors (Lipinski definition) is 4. The average Bonchev–Trinajstić information content (AvgIpc) is 2.82. The first-order valence-electron chi connectivity index (χ1n) is 9.80. The van der Waals surface area contributed by atoms with Gasteiger partial charge in [-0.15, -0.1) is 6.58 Å². The Hall–Kier alpha value is -3.37. The molecule has 3 rings (SSSR count). The Kier molecular flexibility index (Phi) is 7.41. The molecule has 0 aliphatic carbocycles. The Morgan fingerprint density at radius 3 is 2.00 bits per heavy atom. The van der Waals surface area contributed by atoms with E-state index in [0.29, 0.717) is 23.5 Å². The summed E-state index contributed by atoms with van der Waals surface area (Å²) in [6, 6.07) is 24.9. The van der Waals surface area contributed by atoms with Gasteiger partial charge in [-0.25, -0.2) is 0 Å². The molecule has 0 spiro atoms. The van der Waals surface area contributed by atoms with E-state index < -0.39 is 12.2 Å². The summed E-state index contributed by atoms with van der Waals surface area (Å²) in [7, 11) is 3.10. The van der Waals surface area contributed by atoms with Crippen molar-refractivity contribution in [3.63, 3.8) is 0 Å². The highest BCUT2D eigenvalue weighted by molar-refractivity contribution is 6.02. The number of rotatable bonds is 10. The highest BCUT2D eigenvalue weighted by Crippen LogP contribution is 2.31. The van der Waals surface area contributed by atoms with Crippen molar-refractivity contribution in [1.29, 1.82) is 0 Å². The van der Waals surface area contributed by atoms with Crippen LogP contribution in [0, 0.1) is 0 Å². The van der Waals surface area contributed by atoms with Gasteiger partial charge in [0.2, 0.25) is 0 Å². The predicted molar refractivity (Wildman–Crippen MR) is 118 cm³/mol. The minimum absolute atomic E-state index is 0.178. The number of carbonyl (C=O) groups excluding carboxylic acids is 1. The molecule has 0 amide bonds. The maximum atomic E-state index is 13.5. The number of benzene rings is 3. The molecule has 0 aromatic heterocycles. The van der Waals surface area contributed by atoms with Crippen molar-refractivity contribution in [2.24, 2.45) is 0 Å². The molecule has 0 fully saturated rings. The Morgan fingerprint density at radius 1 is 0.900 bits per heavy atom.